The summed E-state index contributed by atoms with van der Waals surface area (Å²) in [6.07, 6.45) is 4.84. The van der Waals surface area contributed by atoms with E-state index in [2.05, 4.69) is 30.4 Å². The van der Waals surface area contributed by atoms with Crippen molar-refractivity contribution in [1.29, 1.82) is 0 Å². The minimum Gasteiger partial charge on any atom is -0.494 e. The first kappa shape index (κ1) is 20.7. The smallest absolute Gasteiger partial charge is 0.223 e. The number of thiophene rings is 1. The number of aromatic nitrogens is 4. The van der Waals surface area contributed by atoms with Crippen LogP contribution in [0.3, 0.4) is 0 Å². The van der Waals surface area contributed by atoms with E-state index in [0.29, 0.717) is 12.2 Å². The number of nitrogens with one attached hydrogen (secondary N) is 2. The van der Waals surface area contributed by atoms with Gasteiger partial charge in [0.2, 0.25) is 5.91 Å². The summed E-state index contributed by atoms with van der Waals surface area (Å²) in [4.78, 5) is 27.3. The Bertz CT molecular complexity index is 1300. The Kier molecular flexibility index (Phi) is 5.40. The molecule has 0 saturated carbocycles. The molecule has 4 aromatic rings. The van der Waals surface area contributed by atoms with E-state index >= 15 is 0 Å². The number of carbonyl (C=O) groups is 1. The molecule has 3 aromatic heterocycles. The van der Waals surface area contributed by atoms with Crippen molar-refractivity contribution in [3.63, 3.8) is 0 Å². The molecule has 0 spiro atoms. The molecule has 0 radical (unpaired) electrons. The molecule has 0 fully saturated rings. The van der Waals surface area contributed by atoms with Crippen molar-refractivity contribution in [2.45, 2.75) is 19.4 Å². The Morgan fingerprint density at radius 1 is 1.34 bits per heavy atom. The third-order valence-electron chi connectivity index (χ3n) is 5.87. The zero-order chi connectivity index (χ0) is 22.2. The largest absolute Gasteiger partial charge is 0.494 e. The number of carbonyl (C=O) groups excluding carboxylic acids is 1. The van der Waals surface area contributed by atoms with Crippen LogP contribution in [0.1, 0.15) is 16.9 Å². The fraction of sp³-hybridized carbons (Fsp3) is 0.364. The second-order valence-electron chi connectivity index (χ2n) is 8.11. The maximum absolute atomic E-state index is 12.0. The highest BCUT2D eigenvalue weighted by Gasteiger charge is 2.24. The van der Waals surface area contributed by atoms with Crippen LogP contribution in [0, 0.1) is 0 Å². The molecule has 0 unspecified atom stereocenters. The predicted octanol–water partition coefficient (Wildman–Crippen LogP) is 3.16. The van der Waals surface area contributed by atoms with Gasteiger partial charge >= 0.3 is 0 Å². The Hall–Kier alpha value is -3.24. The van der Waals surface area contributed by atoms with Crippen molar-refractivity contribution in [3.8, 4) is 5.75 Å². The summed E-state index contributed by atoms with van der Waals surface area (Å²) in [6, 6.07) is 3.94. The van der Waals surface area contributed by atoms with Crippen molar-refractivity contribution in [2.75, 3.05) is 39.6 Å². The number of methoxy groups -OCH3 is 1. The lowest BCUT2D eigenvalue weighted by molar-refractivity contribution is -0.129. The number of hydrogen-bond acceptors (Lipinski definition) is 8. The summed E-state index contributed by atoms with van der Waals surface area (Å²) in [5.41, 5.74) is 3.05. The number of rotatable bonds is 6. The van der Waals surface area contributed by atoms with Gasteiger partial charge in [-0.05, 0) is 18.1 Å². The van der Waals surface area contributed by atoms with Gasteiger partial charge in [-0.25, -0.2) is 9.97 Å². The number of fused-ring (bicyclic) bond motifs is 4. The number of amides is 1. The highest BCUT2D eigenvalue weighted by Crippen LogP contribution is 2.39. The second kappa shape index (κ2) is 8.36. The maximum atomic E-state index is 12.0. The molecule has 9 nitrogen and oxygen atoms in total. The zero-order valence-electron chi connectivity index (χ0n) is 18.3. The van der Waals surface area contributed by atoms with Crippen LogP contribution in [0.25, 0.3) is 21.1 Å². The lowest BCUT2D eigenvalue weighted by atomic mass is 10.0. The van der Waals surface area contributed by atoms with E-state index in [1.165, 1.54) is 10.4 Å². The van der Waals surface area contributed by atoms with Gasteiger partial charge in [0.25, 0.3) is 0 Å². The Morgan fingerprint density at radius 2 is 2.22 bits per heavy atom. The van der Waals surface area contributed by atoms with E-state index in [1.54, 1.807) is 50.0 Å². The Morgan fingerprint density at radius 3 is 3.03 bits per heavy atom. The van der Waals surface area contributed by atoms with E-state index in [-0.39, 0.29) is 5.91 Å². The van der Waals surface area contributed by atoms with E-state index in [9.17, 15) is 4.79 Å². The van der Waals surface area contributed by atoms with Gasteiger partial charge in [0.15, 0.2) is 0 Å². The summed E-state index contributed by atoms with van der Waals surface area (Å²) >= 11 is 1.71. The first-order valence-corrected chi connectivity index (χ1v) is 11.3. The van der Waals surface area contributed by atoms with Gasteiger partial charge in [-0.1, -0.05) is 0 Å². The fourth-order valence-corrected chi connectivity index (χ4v) is 5.34. The van der Waals surface area contributed by atoms with Crippen molar-refractivity contribution in [1.82, 2.24) is 30.0 Å². The number of aromatic amines is 1. The topological polar surface area (TPSA) is 99.3 Å². The molecule has 1 aliphatic rings. The summed E-state index contributed by atoms with van der Waals surface area (Å²) in [6.45, 7) is 2.52. The van der Waals surface area contributed by atoms with E-state index in [0.717, 1.165) is 58.7 Å². The van der Waals surface area contributed by atoms with Gasteiger partial charge in [0, 0.05) is 56.5 Å². The molecule has 4 heterocycles. The van der Waals surface area contributed by atoms with Gasteiger partial charge in [-0.2, -0.15) is 5.10 Å². The highest BCUT2D eigenvalue weighted by molar-refractivity contribution is 7.19. The van der Waals surface area contributed by atoms with Gasteiger partial charge in [-0.3, -0.25) is 14.8 Å². The van der Waals surface area contributed by atoms with E-state index < -0.39 is 0 Å². The Labute approximate surface area is 189 Å². The molecule has 10 heteroatoms. The third kappa shape index (κ3) is 3.76. The van der Waals surface area contributed by atoms with Gasteiger partial charge in [-0.15, -0.1) is 11.3 Å². The highest BCUT2D eigenvalue weighted by atomic mass is 32.1. The van der Waals surface area contributed by atoms with Crippen LogP contribution in [0.5, 0.6) is 5.75 Å². The molecule has 32 heavy (non-hydrogen) atoms. The summed E-state index contributed by atoms with van der Waals surface area (Å²) in [5, 5.41) is 12.6. The first-order valence-electron chi connectivity index (χ1n) is 10.5. The molecule has 166 valence electrons. The van der Waals surface area contributed by atoms with Crippen molar-refractivity contribution >= 4 is 49.9 Å². The normalized spacial score (nSPS) is 14.0. The number of H-pyrrole nitrogens is 1. The lowest BCUT2D eigenvalue weighted by Gasteiger charge is -2.27. The SMILES string of the molecule is COc1cc2[nH]ncc2cc1Nc1ncnc2sc3c(c12)CCN(CCC(=O)N(C)C)C3. The summed E-state index contributed by atoms with van der Waals surface area (Å²) in [7, 11) is 5.25. The van der Waals surface area contributed by atoms with Crippen LogP contribution >= 0.6 is 11.3 Å². The van der Waals surface area contributed by atoms with E-state index in [1.807, 2.05) is 12.1 Å². The van der Waals surface area contributed by atoms with Crippen LogP contribution in [-0.4, -0.2) is 70.2 Å². The molecule has 0 saturated heterocycles. The van der Waals surface area contributed by atoms with Crippen molar-refractivity contribution in [2.24, 2.45) is 0 Å². The van der Waals surface area contributed by atoms with Crippen molar-refractivity contribution in [3.05, 3.63) is 35.1 Å². The molecule has 1 aliphatic heterocycles. The predicted molar refractivity (Wildman–Crippen MR) is 126 cm³/mol. The van der Waals surface area contributed by atoms with Crippen LogP contribution in [0.4, 0.5) is 11.5 Å². The van der Waals surface area contributed by atoms with Gasteiger partial charge < -0.3 is 15.0 Å². The van der Waals surface area contributed by atoms with Crippen LogP contribution in [0.2, 0.25) is 0 Å². The van der Waals surface area contributed by atoms with E-state index in [4.69, 9.17) is 4.74 Å². The standard InChI is InChI=1S/C22H25N7O2S/c1-28(2)19(30)5-7-29-6-4-14-18(11-29)32-22-20(14)21(23-12-24-22)26-16-8-13-10-25-27-15(13)9-17(16)31-3/h8-10,12H,4-7,11H2,1-3H3,(H,25,27)(H,23,24,26). The number of benzene rings is 1. The van der Waals surface area contributed by atoms with Gasteiger partial charge in [0.1, 0.15) is 22.7 Å². The third-order valence-corrected chi connectivity index (χ3v) is 6.99. The van der Waals surface area contributed by atoms with Crippen LogP contribution < -0.4 is 10.1 Å². The van der Waals surface area contributed by atoms with Crippen molar-refractivity contribution < 1.29 is 9.53 Å². The Balaban J connectivity index is 1.44. The molecule has 0 bridgehead atoms. The molecule has 0 aliphatic carbocycles. The minimum absolute atomic E-state index is 0.160. The molecule has 1 amide bonds. The summed E-state index contributed by atoms with van der Waals surface area (Å²) < 4.78 is 5.59. The van der Waals surface area contributed by atoms with Crippen LogP contribution in [0.15, 0.2) is 24.7 Å². The molecule has 0 atom stereocenters. The number of anilines is 2. The summed E-state index contributed by atoms with van der Waals surface area (Å²) in [5.74, 6) is 1.66. The number of ether oxygens (including phenoxy) is 1. The average molecular weight is 452 g/mol. The second-order valence-corrected chi connectivity index (χ2v) is 9.19. The number of hydrogen-bond donors (Lipinski definition) is 2. The minimum atomic E-state index is 0.160. The average Bonchev–Trinajstić information content (AvgIpc) is 3.40. The number of nitrogens with zero attached hydrogens (tertiary/aromatic N) is 5. The molecule has 1 aromatic carbocycles. The molecule has 2 N–H and O–H groups in total. The lowest BCUT2D eigenvalue weighted by Crippen LogP contribution is -2.33. The molecular weight excluding hydrogens is 426 g/mol. The van der Waals surface area contributed by atoms with Gasteiger partial charge in [0.05, 0.1) is 29.9 Å². The molecule has 5 rings (SSSR count). The zero-order valence-corrected chi connectivity index (χ0v) is 19.1. The molecular formula is C22H25N7O2S. The van der Waals surface area contributed by atoms with Crippen LogP contribution in [-0.2, 0) is 17.8 Å². The first-order chi connectivity index (χ1) is 15.5. The quantitative estimate of drug-likeness (QED) is 0.465. The monoisotopic (exact) mass is 451 g/mol. The fourth-order valence-electron chi connectivity index (χ4n) is 4.11. The maximum Gasteiger partial charge on any atom is 0.223 e.